The van der Waals surface area contributed by atoms with E-state index in [0.29, 0.717) is 11.8 Å². The monoisotopic (exact) mass is 470 g/mol. The molecule has 2 heteroatoms. The van der Waals surface area contributed by atoms with Gasteiger partial charge < -0.3 is 4.74 Å². The molecule has 0 unspecified atom stereocenters. The predicted molar refractivity (Wildman–Crippen MR) is 125 cm³/mol. The minimum absolute atomic E-state index is 0.444. The molecule has 0 N–H and O–H groups in total. The van der Waals surface area contributed by atoms with Crippen LogP contribution in [0.25, 0.3) is 22.3 Å². The summed E-state index contributed by atoms with van der Waals surface area (Å²) in [6.07, 6.45) is 0. The van der Waals surface area contributed by atoms with Crippen LogP contribution in [0.2, 0.25) is 0 Å². The van der Waals surface area contributed by atoms with Crippen molar-refractivity contribution in [1.82, 2.24) is 0 Å². The number of hydrogen-bond donors (Lipinski definition) is 0. The summed E-state index contributed by atoms with van der Waals surface area (Å²) in [5.41, 5.74) is 8.01. The van der Waals surface area contributed by atoms with Gasteiger partial charge in [-0.05, 0) is 86.0 Å². The summed E-state index contributed by atoms with van der Waals surface area (Å²) in [6.45, 7) is 9.14. The number of ether oxygens (including phenoxy) is 1. The van der Waals surface area contributed by atoms with E-state index in [9.17, 15) is 0 Å². The van der Waals surface area contributed by atoms with E-state index in [0.717, 1.165) is 5.75 Å². The highest BCUT2D eigenvalue weighted by Gasteiger charge is 2.19. The molecule has 0 spiro atoms. The van der Waals surface area contributed by atoms with Crippen molar-refractivity contribution in [3.05, 3.63) is 75.4 Å². The molecule has 0 saturated heterocycles. The Balaban J connectivity index is 2.30. The number of rotatable bonds is 5. The molecule has 0 radical (unpaired) electrons. The van der Waals surface area contributed by atoms with E-state index in [1.807, 2.05) is 6.07 Å². The Bertz CT molecular complexity index is 912. The fourth-order valence-corrected chi connectivity index (χ4v) is 4.20. The summed E-state index contributed by atoms with van der Waals surface area (Å²) < 4.78 is 6.74. The van der Waals surface area contributed by atoms with Crippen molar-refractivity contribution in [2.45, 2.75) is 39.5 Å². The van der Waals surface area contributed by atoms with Crippen LogP contribution in [0.4, 0.5) is 0 Å². The highest BCUT2D eigenvalue weighted by atomic mass is 127. The highest BCUT2D eigenvalue weighted by Crippen LogP contribution is 2.41. The summed E-state index contributed by atoms with van der Waals surface area (Å²) >= 11 is 2.46. The van der Waals surface area contributed by atoms with Crippen LogP contribution in [0.3, 0.4) is 0 Å². The molecule has 0 aliphatic heterocycles. The van der Waals surface area contributed by atoms with Gasteiger partial charge in [0.05, 0.1) is 7.11 Å². The maximum atomic E-state index is 5.44. The van der Waals surface area contributed by atoms with E-state index < -0.39 is 0 Å². The van der Waals surface area contributed by atoms with Gasteiger partial charge in [0, 0.05) is 3.57 Å². The Labute approximate surface area is 176 Å². The molecule has 3 rings (SSSR count). The Morgan fingerprint density at radius 2 is 1.37 bits per heavy atom. The molecule has 0 aliphatic rings. The molecule has 0 aromatic heterocycles. The van der Waals surface area contributed by atoms with Crippen molar-refractivity contribution < 1.29 is 4.74 Å². The number of methoxy groups -OCH3 is 1. The standard InChI is InChI=1S/C25H27IO/c1-16(2)22-14-19(18-9-8-10-20(13-18)27-5)15-23(17(3)4)25(22)21-11-6-7-12-24(21)26/h6-17H,1-5H3. The van der Waals surface area contributed by atoms with Gasteiger partial charge in [0.15, 0.2) is 0 Å². The van der Waals surface area contributed by atoms with Crippen LogP contribution >= 0.6 is 22.6 Å². The zero-order valence-corrected chi connectivity index (χ0v) is 18.9. The first-order valence-electron chi connectivity index (χ1n) is 9.49. The van der Waals surface area contributed by atoms with E-state index in [-0.39, 0.29) is 0 Å². The number of benzene rings is 3. The molecule has 0 amide bonds. The average Bonchev–Trinajstić information content (AvgIpc) is 2.67. The topological polar surface area (TPSA) is 9.23 Å². The summed E-state index contributed by atoms with van der Waals surface area (Å²) in [7, 11) is 1.72. The third kappa shape index (κ3) is 4.21. The van der Waals surface area contributed by atoms with Gasteiger partial charge in [0.1, 0.15) is 5.75 Å². The molecule has 27 heavy (non-hydrogen) atoms. The molecular formula is C25H27IO. The van der Waals surface area contributed by atoms with Gasteiger partial charge in [-0.15, -0.1) is 0 Å². The van der Waals surface area contributed by atoms with E-state index in [1.165, 1.54) is 37.0 Å². The van der Waals surface area contributed by atoms with Gasteiger partial charge in [-0.3, -0.25) is 0 Å². The molecule has 0 fully saturated rings. The second kappa shape index (κ2) is 8.47. The fraction of sp³-hybridized carbons (Fsp3) is 0.280. The fourth-order valence-electron chi connectivity index (χ4n) is 3.54. The van der Waals surface area contributed by atoms with Crippen LogP contribution in [0.15, 0.2) is 60.7 Å². The van der Waals surface area contributed by atoms with Gasteiger partial charge in [0.25, 0.3) is 0 Å². The molecule has 3 aromatic carbocycles. The largest absolute Gasteiger partial charge is 0.497 e. The highest BCUT2D eigenvalue weighted by molar-refractivity contribution is 14.1. The second-order valence-corrected chi connectivity index (χ2v) is 8.71. The van der Waals surface area contributed by atoms with Crippen molar-refractivity contribution in [3.8, 4) is 28.0 Å². The molecule has 0 bridgehead atoms. The lowest BCUT2D eigenvalue weighted by atomic mass is 9.82. The van der Waals surface area contributed by atoms with Crippen molar-refractivity contribution in [2.75, 3.05) is 7.11 Å². The molecule has 140 valence electrons. The minimum Gasteiger partial charge on any atom is -0.497 e. The van der Waals surface area contributed by atoms with Gasteiger partial charge in [-0.25, -0.2) is 0 Å². The molecule has 3 aromatic rings. The second-order valence-electron chi connectivity index (χ2n) is 7.55. The van der Waals surface area contributed by atoms with Gasteiger partial charge in [-0.2, -0.15) is 0 Å². The zero-order valence-electron chi connectivity index (χ0n) is 16.7. The summed E-state index contributed by atoms with van der Waals surface area (Å²) in [5.74, 6) is 1.78. The molecule has 1 nitrogen and oxygen atoms in total. The smallest absolute Gasteiger partial charge is 0.119 e. The lowest BCUT2D eigenvalue weighted by molar-refractivity contribution is 0.415. The Hall–Kier alpha value is -1.81. The first-order valence-corrected chi connectivity index (χ1v) is 10.6. The van der Waals surface area contributed by atoms with Crippen molar-refractivity contribution in [2.24, 2.45) is 0 Å². The van der Waals surface area contributed by atoms with E-state index in [2.05, 4.69) is 105 Å². The summed E-state index contributed by atoms with van der Waals surface area (Å²) in [5, 5.41) is 0. The van der Waals surface area contributed by atoms with Gasteiger partial charge in [-0.1, -0.05) is 70.2 Å². The van der Waals surface area contributed by atoms with Crippen LogP contribution in [0.5, 0.6) is 5.75 Å². The van der Waals surface area contributed by atoms with Gasteiger partial charge >= 0.3 is 0 Å². The molecule has 0 atom stereocenters. The van der Waals surface area contributed by atoms with Gasteiger partial charge in [0.2, 0.25) is 0 Å². The third-order valence-corrected chi connectivity index (χ3v) is 5.93. The SMILES string of the molecule is COc1cccc(-c2cc(C(C)C)c(-c3ccccc3I)c(C(C)C)c2)c1. The zero-order chi connectivity index (χ0) is 19.6. The quantitative estimate of drug-likeness (QED) is 0.345. The lowest BCUT2D eigenvalue weighted by Gasteiger charge is -2.23. The maximum absolute atomic E-state index is 5.44. The van der Waals surface area contributed by atoms with Crippen LogP contribution in [-0.4, -0.2) is 7.11 Å². The normalized spacial score (nSPS) is 11.3. The first kappa shape index (κ1) is 19.9. The molecule has 0 aliphatic carbocycles. The van der Waals surface area contributed by atoms with E-state index in [1.54, 1.807) is 7.11 Å². The van der Waals surface area contributed by atoms with Crippen molar-refractivity contribution >= 4 is 22.6 Å². The molecule has 0 saturated carbocycles. The van der Waals surface area contributed by atoms with E-state index >= 15 is 0 Å². The predicted octanol–water partition coefficient (Wildman–Crippen LogP) is 7.88. The Morgan fingerprint density at radius 1 is 0.741 bits per heavy atom. The van der Waals surface area contributed by atoms with Crippen LogP contribution < -0.4 is 4.74 Å². The summed E-state index contributed by atoms with van der Waals surface area (Å²) in [6, 6.07) is 21.8. The molecular weight excluding hydrogens is 443 g/mol. The first-order chi connectivity index (χ1) is 12.9. The van der Waals surface area contributed by atoms with Crippen molar-refractivity contribution in [1.29, 1.82) is 0 Å². The van der Waals surface area contributed by atoms with Crippen LogP contribution in [0.1, 0.15) is 50.7 Å². The lowest BCUT2D eigenvalue weighted by Crippen LogP contribution is -2.02. The van der Waals surface area contributed by atoms with Crippen LogP contribution in [0, 0.1) is 3.57 Å². The maximum Gasteiger partial charge on any atom is 0.119 e. The minimum atomic E-state index is 0.444. The Morgan fingerprint density at radius 3 is 1.93 bits per heavy atom. The third-order valence-electron chi connectivity index (χ3n) is 4.99. The van der Waals surface area contributed by atoms with E-state index in [4.69, 9.17) is 4.74 Å². The van der Waals surface area contributed by atoms with Crippen LogP contribution in [-0.2, 0) is 0 Å². The number of halogens is 1. The number of hydrogen-bond acceptors (Lipinski definition) is 1. The average molecular weight is 470 g/mol. The summed E-state index contributed by atoms with van der Waals surface area (Å²) in [4.78, 5) is 0. The Kier molecular flexibility index (Phi) is 6.25. The molecule has 0 heterocycles. The van der Waals surface area contributed by atoms with Crippen molar-refractivity contribution in [3.63, 3.8) is 0 Å².